The van der Waals surface area contributed by atoms with Gasteiger partial charge in [-0.3, -0.25) is 9.69 Å². The summed E-state index contributed by atoms with van der Waals surface area (Å²) in [6, 6.07) is 11.0. The molecule has 2 heterocycles. The second-order valence-corrected chi connectivity index (χ2v) is 6.01. The first-order chi connectivity index (χ1) is 9.52. The second-order valence-electron chi connectivity index (χ2n) is 5.17. The number of nitrogens with zero attached hydrogens (tertiary/aromatic N) is 1. The molecule has 5 heteroatoms. The first kappa shape index (κ1) is 12.1. The molecule has 3 nitrogen and oxygen atoms in total. The summed E-state index contributed by atoms with van der Waals surface area (Å²) in [6.07, 6.45) is 0. The Balaban J connectivity index is 2.01. The number of hydrogen-bond donors (Lipinski definition) is 1. The Morgan fingerprint density at radius 3 is 2.75 bits per heavy atom. The average Bonchev–Trinajstić information content (AvgIpc) is 2.82. The van der Waals surface area contributed by atoms with Gasteiger partial charge in [-0.25, -0.2) is 0 Å². The van der Waals surface area contributed by atoms with E-state index in [1.165, 1.54) is 0 Å². The van der Waals surface area contributed by atoms with Crippen molar-refractivity contribution in [2.24, 2.45) is 0 Å². The number of nitrogens with one attached hydrogen (secondary N) is 1. The first-order valence-electron chi connectivity index (χ1n) is 6.23. The third kappa shape index (κ3) is 1.29. The van der Waals surface area contributed by atoms with E-state index >= 15 is 0 Å². The van der Waals surface area contributed by atoms with Crippen molar-refractivity contribution in [2.45, 2.75) is 12.6 Å². The summed E-state index contributed by atoms with van der Waals surface area (Å²) in [5, 5.41) is 4.41. The van der Waals surface area contributed by atoms with Crippen LogP contribution in [0.25, 0.3) is 0 Å². The van der Waals surface area contributed by atoms with Gasteiger partial charge in [0.05, 0.1) is 16.4 Å². The number of benzene rings is 2. The van der Waals surface area contributed by atoms with Gasteiger partial charge in [0.2, 0.25) is 0 Å². The molecule has 0 spiro atoms. The Labute approximate surface area is 126 Å². The number of fused-ring (bicyclic) bond motifs is 5. The highest BCUT2D eigenvalue weighted by Crippen LogP contribution is 2.53. The van der Waals surface area contributed by atoms with Gasteiger partial charge < -0.3 is 5.32 Å². The zero-order valence-corrected chi connectivity index (χ0v) is 12.1. The van der Waals surface area contributed by atoms with Crippen LogP contribution in [0.3, 0.4) is 0 Å². The van der Waals surface area contributed by atoms with Gasteiger partial charge in [-0.05, 0) is 25.1 Å². The first-order valence-corrected chi connectivity index (χ1v) is 6.99. The smallest absolute Gasteiger partial charge is 0.260 e. The normalized spacial score (nSPS) is 22.4. The number of amides is 1. The van der Waals surface area contributed by atoms with Crippen molar-refractivity contribution in [2.75, 3.05) is 10.2 Å². The minimum absolute atomic E-state index is 0.0346. The highest BCUT2D eigenvalue weighted by Gasteiger charge is 2.52. The molecule has 0 radical (unpaired) electrons. The molecule has 1 atom stereocenters. The molecule has 4 rings (SSSR count). The van der Waals surface area contributed by atoms with Gasteiger partial charge in [-0.1, -0.05) is 41.4 Å². The van der Waals surface area contributed by atoms with Crippen LogP contribution < -0.4 is 10.2 Å². The average molecular weight is 305 g/mol. The van der Waals surface area contributed by atoms with E-state index in [-0.39, 0.29) is 5.91 Å². The maximum Gasteiger partial charge on any atom is 0.260 e. The van der Waals surface area contributed by atoms with Gasteiger partial charge in [0.15, 0.2) is 0 Å². The Morgan fingerprint density at radius 2 is 1.95 bits per heavy atom. The van der Waals surface area contributed by atoms with Gasteiger partial charge >= 0.3 is 0 Å². The quantitative estimate of drug-likeness (QED) is 0.789. The SMILES string of the molecule is C[C@@]12Nc3c(Cl)cc(Cl)cc3N1C(=O)c1ccccc12. The Bertz CT molecular complexity index is 774. The molecule has 2 aromatic carbocycles. The van der Waals surface area contributed by atoms with Crippen LogP contribution in [0, 0.1) is 0 Å². The van der Waals surface area contributed by atoms with Crippen LogP contribution in [0.15, 0.2) is 36.4 Å². The van der Waals surface area contributed by atoms with Crippen LogP contribution in [0.5, 0.6) is 0 Å². The van der Waals surface area contributed by atoms with Crippen molar-refractivity contribution < 1.29 is 4.79 Å². The van der Waals surface area contributed by atoms with E-state index in [0.717, 1.165) is 16.9 Å². The molecule has 20 heavy (non-hydrogen) atoms. The number of anilines is 2. The zero-order valence-electron chi connectivity index (χ0n) is 10.6. The van der Waals surface area contributed by atoms with E-state index in [9.17, 15) is 4.79 Å². The second kappa shape index (κ2) is 3.68. The topological polar surface area (TPSA) is 32.3 Å². The standard InChI is InChI=1S/C15H10Cl2N2O/c1-15-10-5-3-2-4-9(10)14(20)19(15)12-7-8(16)6-11(17)13(12)18-15/h2-7,18H,1H3/t15-/m1/s1. The monoisotopic (exact) mass is 304 g/mol. The van der Waals surface area contributed by atoms with E-state index in [0.29, 0.717) is 15.6 Å². The summed E-state index contributed by atoms with van der Waals surface area (Å²) in [7, 11) is 0. The third-order valence-electron chi connectivity index (χ3n) is 3.98. The number of halogens is 2. The molecule has 0 fully saturated rings. The molecular formula is C15H10Cl2N2O. The van der Waals surface area contributed by atoms with Gasteiger partial charge in [0.25, 0.3) is 5.91 Å². The fraction of sp³-hybridized carbons (Fsp3) is 0.133. The zero-order chi connectivity index (χ0) is 14.1. The predicted octanol–water partition coefficient (Wildman–Crippen LogP) is 4.25. The summed E-state index contributed by atoms with van der Waals surface area (Å²) in [5.74, 6) is -0.0346. The molecule has 0 unspecified atom stereocenters. The lowest BCUT2D eigenvalue weighted by Gasteiger charge is -2.28. The maximum absolute atomic E-state index is 12.7. The van der Waals surface area contributed by atoms with Crippen molar-refractivity contribution in [3.05, 3.63) is 57.6 Å². The third-order valence-corrected chi connectivity index (χ3v) is 4.49. The number of carbonyl (C=O) groups is 1. The lowest BCUT2D eigenvalue weighted by Crippen LogP contribution is -2.42. The van der Waals surface area contributed by atoms with E-state index in [4.69, 9.17) is 23.2 Å². The minimum atomic E-state index is -0.607. The Morgan fingerprint density at radius 1 is 1.20 bits per heavy atom. The number of hydrogen-bond acceptors (Lipinski definition) is 2. The van der Waals surface area contributed by atoms with Gasteiger partial charge in [-0.15, -0.1) is 0 Å². The molecule has 0 saturated carbocycles. The molecule has 0 aromatic heterocycles. The van der Waals surface area contributed by atoms with Crippen LogP contribution in [0.1, 0.15) is 22.8 Å². The summed E-state index contributed by atoms with van der Waals surface area (Å²) in [6.45, 7) is 1.97. The van der Waals surface area contributed by atoms with Crippen LogP contribution in [-0.4, -0.2) is 5.91 Å². The molecule has 2 aliphatic rings. The number of carbonyl (C=O) groups excluding carboxylic acids is 1. The van der Waals surface area contributed by atoms with Crippen molar-refractivity contribution in [3.63, 3.8) is 0 Å². The summed E-state index contributed by atoms with van der Waals surface area (Å²) in [4.78, 5) is 14.4. The lowest BCUT2D eigenvalue weighted by atomic mass is 10.0. The summed E-state index contributed by atoms with van der Waals surface area (Å²) < 4.78 is 0. The van der Waals surface area contributed by atoms with Crippen molar-refractivity contribution >= 4 is 40.5 Å². The Kier molecular flexibility index (Phi) is 2.22. The molecule has 1 N–H and O–H groups in total. The molecule has 1 amide bonds. The maximum atomic E-state index is 12.7. The van der Waals surface area contributed by atoms with Crippen molar-refractivity contribution in [1.82, 2.24) is 0 Å². The van der Waals surface area contributed by atoms with E-state index in [1.54, 1.807) is 17.0 Å². The molecule has 100 valence electrons. The molecule has 0 saturated heterocycles. The number of rotatable bonds is 0. The fourth-order valence-electron chi connectivity index (χ4n) is 3.12. The van der Waals surface area contributed by atoms with E-state index in [2.05, 4.69) is 5.32 Å². The molecule has 2 aromatic rings. The fourth-order valence-corrected chi connectivity index (χ4v) is 3.65. The van der Waals surface area contributed by atoms with E-state index < -0.39 is 5.66 Å². The predicted molar refractivity (Wildman–Crippen MR) is 80.7 cm³/mol. The molecule has 0 aliphatic carbocycles. The minimum Gasteiger partial charge on any atom is -0.356 e. The van der Waals surface area contributed by atoms with Gasteiger partial charge in [-0.2, -0.15) is 0 Å². The largest absolute Gasteiger partial charge is 0.356 e. The van der Waals surface area contributed by atoms with Crippen LogP contribution >= 0.6 is 23.2 Å². The van der Waals surface area contributed by atoms with Crippen molar-refractivity contribution in [3.8, 4) is 0 Å². The molecule has 2 aliphatic heterocycles. The lowest BCUT2D eigenvalue weighted by molar-refractivity contribution is 0.0986. The van der Waals surface area contributed by atoms with Crippen LogP contribution in [-0.2, 0) is 5.66 Å². The van der Waals surface area contributed by atoms with Gasteiger partial charge in [0, 0.05) is 16.1 Å². The molecule has 0 bridgehead atoms. The highest BCUT2D eigenvalue weighted by atomic mass is 35.5. The van der Waals surface area contributed by atoms with Crippen molar-refractivity contribution in [1.29, 1.82) is 0 Å². The molecular weight excluding hydrogens is 295 g/mol. The Hall–Kier alpha value is -1.71. The van der Waals surface area contributed by atoms with Gasteiger partial charge in [0.1, 0.15) is 5.66 Å². The van der Waals surface area contributed by atoms with Crippen LogP contribution in [0.4, 0.5) is 11.4 Å². The van der Waals surface area contributed by atoms with Crippen LogP contribution in [0.2, 0.25) is 10.0 Å². The van der Waals surface area contributed by atoms with E-state index in [1.807, 2.05) is 31.2 Å². The summed E-state index contributed by atoms with van der Waals surface area (Å²) in [5.41, 5.74) is 2.54. The highest BCUT2D eigenvalue weighted by molar-refractivity contribution is 6.38. The summed E-state index contributed by atoms with van der Waals surface area (Å²) >= 11 is 12.3.